The molecular weight excluding hydrogens is 260 g/mol. The Morgan fingerprint density at radius 1 is 1.28 bits per heavy atom. The lowest BCUT2D eigenvalue weighted by atomic mass is 10.2. The van der Waals surface area contributed by atoms with Gasteiger partial charge in [0, 0.05) is 11.8 Å². The quantitative estimate of drug-likeness (QED) is 0.877. The molecule has 2 aromatic rings. The largest absolute Gasteiger partial charge is 0.474 e. The van der Waals surface area contributed by atoms with Crippen LogP contribution in [-0.4, -0.2) is 35.9 Å². The molecule has 94 valence electrons. The molecule has 0 saturated heterocycles. The van der Waals surface area contributed by atoms with Crippen LogP contribution in [0.25, 0.3) is 11.4 Å². The van der Waals surface area contributed by atoms with Crippen LogP contribution in [0.15, 0.2) is 33.7 Å². The maximum Gasteiger partial charge on any atom is 0.394 e. The summed E-state index contributed by atoms with van der Waals surface area (Å²) in [7, 11) is -3.27. The van der Waals surface area contributed by atoms with Gasteiger partial charge in [-0.2, -0.15) is 4.98 Å². The van der Waals surface area contributed by atoms with Crippen LogP contribution in [0.3, 0.4) is 0 Å². The molecule has 0 unspecified atom stereocenters. The van der Waals surface area contributed by atoms with Gasteiger partial charge in [-0.1, -0.05) is 5.16 Å². The van der Waals surface area contributed by atoms with E-state index in [1.807, 2.05) is 0 Å². The van der Waals surface area contributed by atoms with Crippen molar-refractivity contribution < 1.29 is 22.8 Å². The first-order valence-electron chi connectivity index (χ1n) is 4.75. The second-order valence-electron chi connectivity index (χ2n) is 3.52. The van der Waals surface area contributed by atoms with Gasteiger partial charge in [0.15, 0.2) is 9.84 Å². The van der Waals surface area contributed by atoms with Gasteiger partial charge in [-0.3, -0.25) is 0 Å². The van der Waals surface area contributed by atoms with E-state index in [0.717, 1.165) is 6.26 Å². The summed E-state index contributed by atoms with van der Waals surface area (Å²) in [5.74, 6) is -1.74. The van der Waals surface area contributed by atoms with E-state index in [0.29, 0.717) is 5.56 Å². The van der Waals surface area contributed by atoms with Gasteiger partial charge >= 0.3 is 11.9 Å². The minimum absolute atomic E-state index is 0.0902. The maximum atomic E-state index is 11.2. The van der Waals surface area contributed by atoms with Crippen LogP contribution < -0.4 is 0 Å². The zero-order valence-corrected chi connectivity index (χ0v) is 10.0. The molecular formula is C10H8N2O5S. The molecule has 0 aliphatic carbocycles. The van der Waals surface area contributed by atoms with Crippen LogP contribution in [0.1, 0.15) is 10.7 Å². The zero-order chi connectivity index (χ0) is 13.3. The Labute approximate surface area is 102 Å². The molecule has 0 atom stereocenters. The predicted octanol–water partition coefficient (Wildman–Crippen LogP) is 0.838. The molecule has 0 amide bonds. The van der Waals surface area contributed by atoms with Crippen LogP contribution in [0, 0.1) is 0 Å². The standard InChI is InChI=1S/C10H8N2O5S/c1-18(15,16)7-4-2-6(3-5-7)8-11-9(10(13)14)17-12-8/h2-5H,1H3,(H,13,14). The highest BCUT2D eigenvalue weighted by molar-refractivity contribution is 7.90. The molecule has 1 aromatic heterocycles. The SMILES string of the molecule is CS(=O)(=O)c1ccc(-c2noc(C(=O)O)n2)cc1. The Morgan fingerprint density at radius 2 is 1.89 bits per heavy atom. The lowest BCUT2D eigenvalue weighted by Gasteiger charge is -1.98. The molecule has 8 heteroatoms. The van der Waals surface area contributed by atoms with Gasteiger partial charge in [0.25, 0.3) is 0 Å². The lowest BCUT2D eigenvalue weighted by Crippen LogP contribution is -1.97. The fourth-order valence-corrected chi connectivity index (χ4v) is 1.91. The smallest absolute Gasteiger partial charge is 0.394 e. The molecule has 2 rings (SSSR count). The molecule has 7 nitrogen and oxygen atoms in total. The van der Waals surface area contributed by atoms with Gasteiger partial charge in [-0.05, 0) is 24.3 Å². The third-order valence-corrected chi connectivity index (χ3v) is 3.28. The number of benzene rings is 1. The Hall–Kier alpha value is -2.22. The van der Waals surface area contributed by atoms with Crippen LogP contribution in [-0.2, 0) is 9.84 Å². The van der Waals surface area contributed by atoms with Gasteiger partial charge in [0.2, 0.25) is 5.82 Å². The van der Waals surface area contributed by atoms with Crippen molar-refractivity contribution in [3.8, 4) is 11.4 Å². The summed E-state index contributed by atoms with van der Waals surface area (Å²) in [5, 5.41) is 12.1. The van der Waals surface area contributed by atoms with Crippen LogP contribution in [0.2, 0.25) is 0 Å². The molecule has 1 aromatic carbocycles. The number of rotatable bonds is 3. The number of carboxylic acids is 1. The lowest BCUT2D eigenvalue weighted by molar-refractivity contribution is 0.0643. The highest BCUT2D eigenvalue weighted by Gasteiger charge is 2.15. The summed E-state index contributed by atoms with van der Waals surface area (Å²) in [5.41, 5.74) is 0.471. The topological polar surface area (TPSA) is 110 Å². The Kier molecular flexibility index (Phi) is 2.87. The molecule has 0 saturated carbocycles. The summed E-state index contributed by atoms with van der Waals surface area (Å²) in [4.78, 5) is 14.4. The van der Waals surface area contributed by atoms with E-state index < -0.39 is 21.7 Å². The van der Waals surface area contributed by atoms with Gasteiger partial charge in [-0.15, -0.1) is 0 Å². The average Bonchev–Trinajstić information content (AvgIpc) is 2.77. The van der Waals surface area contributed by atoms with Crippen molar-refractivity contribution in [1.82, 2.24) is 10.1 Å². The van der Waals surface area contributed by atoms with Crippen molar-refractivity contribution in [2.75, 3.05) is 6.26 Å². The highest BCUT2D eigenvalue weighted by atomic mass is 32.2. The van der Waals surface area contributed by atoms with Gasteiger partial charge in [0.1, 0.15) is 0 Å². The van der Waals surface area contributed by atoms with Crippen molar-refractivity contribution in [2.45, 2.75) is 4.90 Å². The molecule has 18 heavy (non-hydrogen) atoms. The van der Waals surface area contributed by atoms with E-state index in [1.54, 1.807) is 0 Å². The van der Waals surface area contributed by atoms with E-state index >= 15 is 0 Å². The van der Waals surface area contributed by atoms with E-state index in [1.165, 1.54) is 24.3 Å². The maximum absolute atomic E-state index is 11.2. The van der Waals surface area contributed by atoms with E-state index in [4.69, 9.17) is 5.11 Å². The number of aromatic nitrogens is 2. The monoisotopic (exact) mass is 268 g/mol. The Morgan fingerprint density at radius 3 is 2.33 bits per heavy atom. The highest BCUT2D eigenvalue weighted by Crippen LogP contribution is 2.18. The number of hydrogen-bond donors (Lipinski definition) is 1. The predicted molar refractivity (Wildman–Crippen MR) is 59.8 cm³/mol. The van der Waals surface area contributed by atoms with E-state index in [-0.39, 0.29) is 10.7 Å². The number of sulfone groups is 1. The van der Waals surface area contributed by atoms with Crippen molar-refractivity contribution in [1.29, 1.82) is 0 Å². The Balaban J connectivity index is 2.37. The normalized spacial score (nSPS) is 11.4. The second-order valence-corrected chi connectivity index (χ2v) is 5.54. The van der Waals surface area contributed by atoms with Gasteiger partial charge in [-0.25, -0.2) is 13.2 Å². The minimum atomic E-state index is -3.27. The van der Waals surface area contributed by atoms with Crippen molar-refractivity contribution in [3.05, 3.63) is 30.2 Å². The van der Waals surface area contributed by atoms with Crippen molar-refractivity contribution in [2.24, 2.45) is 0 Å². The van der Waals surface area contributed by atoms with Crippen LogP contribution >= 0.6 is 0 Å². The molecule has 1 N–H and O–H groups in total. The van der Waals surface area contributed by atoms with Gasteiger partial charge in [0.05, 0.1) is 4.90 Å². The molecule has 0 aliphatic heterocycles. The number of hydrogen-bond acceptors (Lipinski definition) is 6. The third-order valence-electron chi connectivity index (χ3n) is 2.15. The second kappa shape index (κ2) is 4.22. The van der Waals surface area contributed by atoms with Crippen molar-refractivity contribution in [3.63, 3.8) is 0 Å². The zero-order valence-electron chi connectivity index (χ0n) is 9.19. The van der Waals surface area contributed by atoms with Gasteiger partial charge < -0.3 is 9.63 Å². The van der Waals surface area contributed by atoms with Crippen LogP contribution in [0.4, 0.5) is 0 Å². The number of carbonyl (C=O) groups is 1. The number of aromatic carboxylic acids is 1. The molecule has 0 fully saturated rings. The van der Waals surface area contributed by atoms with Crippen LogP contribution in [0.5, 0.6) is 0 Å². The fraction of sp³-hybridized carbons (Fsp3) is 0.100. The first-order valence-corrected chi connectivity index (χ1v) is 6.64. The third kappa shape index (κ3) is 2.38. The molecule has 1 heterocycles. The number of nitrogens with zero attached hydrogens (tertiary/aromatic N) is 2. The summed E-state index contributed by atoms with van der Waals surface area (Å²) in [6, 6.07) is 5.74. The van der Waals surface area contributed by atoms with E-state index in [2.05, 4.69) is 14.7 Å². The van der Waals surface area contributed by atoms with Crippen molar-refractivity contribution >= 4 is 15.8 Å². The summed E-state index contributed by atoms with van der Waals surface area (Å²) < 4.78 is 27.0. The molecule has 0 aliphatic rings. The Bertz CT molecular complexity index is 687. The fourth-order valence-electron chi connectivity index (χ4n) is 1.28. The van der Waals surface area contributed by atoms with E-state index in [9.17, 15) is 13.2 Å². The number of carboxylic acid groups (broad SMARTS) is 1. The first kappa shape index (κ1) is 12.2. The summed E-state index contributed by atoms with van der Waals surface area (Å²) in [6.07, 6.45) is 1.10. The summed E-state index contributed by atoms with van der Waals surface area (Å²) >= 11 is 0. The minimum Gasteiger partial charge on any atom is -0.474 e. The molecule has 0 spiro atoms. The summed E-state index contributed by atoms with van der Waals surface area (Å²) in [6.45, 7) is 0. The first-order chi connectivity index (χ1) is 8.38. The average molecular weight is 268 g/mol. The molecule has 0 radical (unpaired) electrons. The molecule has 0 bridgehead atoms.